The molecule has 0 aliphatic carbocycles. The van der Waals surface area contributed by atoms with Gasteiger partial charge in [-0.3, -0.25) is 14.3 Å². The molecule has 3 aromatic rings. The van der Waals surface area contributed by atoms with Gasteiger partial charge in [0, 0.05) is 71.0 Å². The van der Waals surface area contributed by atoms with E-state index >= 15 is 4.39 Å². The van der Waals surface area contributed by atoms with Crippen LogP contribution >= 0.6 is 11.8 Å². The van der Waals surface area contributed by atoms with Crippen molar-refractivity contribution in [3.8, 4) is 11.1 Å². The molecule has 1 unspecified atom stereocenters. The van der Waals surface area contributed by atoms with E-state index in [-0.39, 0.29) is 29.7 Å². The summed E-state index contributed by atoms with van der Waals surface area (Å²) in [6.07, 6.45) is 3.61. The number of carbonyl (C=O) groups excluding carboxylic acids is 1. The van der Waals surface area contributed by atoms with Crippen LogP contribution in [0.25, 0.3) is 22.0 Å². The van der Waals surface area contributed by atoms with E-state index in [0.29, 0.717) is 36.6 Å². The standard InChI is InChI=1S/C31H35F2N5O2S/c1-5-26(39)36-14-20(4)37(15-19(36)3)30-24-12-18(2)27(23-9-8-21(32)13-25(23)33)29-28(24)38(31(40)34-30)16-22(17-41-29)35-10-6-7-11-35/h5,8-9,12-13,19-20,22H,1,6-7,10-11,14-17H2,2-4H3/t19-,20+,22?/m1/s1. The third kappa shape index (κ3) is 4.84. The van der Waals surface area contributed by atoms with Crippen LogP contribution in [-0.4, -0.2) is 75.3 Å². The normalized spacial score (nSPS) is 23.2. The van der Waals surface area contributed by atoms with Crippen molar-refractivity contribution in [2.24, 2.45) is 0 Å². The highest BCUT2D eigenvalue weighted by Crippen LogP contribution is 2.45. The highest BCUT2D eigenvalue weighted by atomic mass is 32.2. The number of aryl methyl sites for hydroxylation is 1. The first-order chi connectivity index (χ1) is 19.7. The van der Waals surface area contributed by atoms with Crippen molar-refractivity contribution >= 4 is 34.4 Å². The SMILES string of the molecule is C=CC(=O)N1C[C@H](C)N(c2nc(=O)n3c4c(c(-c5ccc(F)cc5F)c(C)cc24)SCC(N2CCCC2)C3)C[C@H]1C. The van der Waals surface area contributed by atoms with Crippen LogP contribution in [-0.2, 0) is 11.3 Å². The quantitative estimate of drug-likeness (QED) is 0.413. The molecule has 0 spiro atoms. The van der Waals surface area contributed by atoms with Gasteiger partial charge in [-0.15, -0.1) is 11.8 Å². The minimum absolute atomic E-state index is 0.0887. The van der Waals surface area contributed by atoms with E-state index in [0.717, 1.165) is 59.1 Å². The summed E-state index contributed by atoms with van der Waals surface area (Å²) in [4.78, 5) is 38.2. The zero-order valence-electron chi connectivity index (χ0n) is 23.7. The molecular weight excluding hydrogens is 544 g/mol. The van der Waals surface area contributed by atoms with Gasteiger partial charge in [0.2, 0.25) is 5.91 Å². The van der Waals surface area contributed by atoms with Crippen molar-refractivity contribution in [1.29, 1.82) is 0 Å². The van der Waals surface area contributed by atoms with Crippen molar-refractivity contribution in [2.75, 3.05) is 36.8 Å². The lowest BCUT2D eigenvalue weighted by Gasteiger charge is -2.44. The summed E-state index contributed by atoms with van der Waals surface area (Å²) in [7, 11) is 0. The van der Waals surface area contributed by atoms with Crippen LogP contribution in [0.2, 0.25) is 0 Å². The Morgan fingerprint density at radius 1 is 1.10 bits per heavy atom. The van der Waals surface area contributed by atoms with Crippen molar-refractivity contribution in [3.05, 3.63) is 64.6 Å². The number of hydrogen-bond donors (Lipinski definition) is 0. The van der Waals surface area contributed by atoms with Crippen LogP contribution in [0.4, 0.5) is 14.6 Å². The van der Waals surface area contributed by atoms with Gasteiger partial charge in [0.25, 0.3) is 0 Å². The minimum Gasteiger partial charge on any atom is -0.349 e. The Morgan fingerprint density at radius 3 is 2.56 bits per heavy atom. The van der Waals surface area contributed by atoms with E-state index < -0.39 is 11.6 Å². The lowest BCUT2D eigenvalue weighted by Crippen LogP contribution is -2.58. The second kappa shape index (κ2) is 10.9. The zero-order chi connectivity index (χ0) is 29.0. The first kappa shape index (κ1) is 27.9. The fraction of sp³-hybridized carbons (Fsp3) is 0.452. The van der Waals surface area contributed by atoms with Crippen LogP contribution in [0.1, 0.15) is 32.3 Å². The smallest absolute Gasteiger partial charge is 0.349 e. The Morgan fingerprint density at radius 2 is 1.85 bits per heavy atom. The molecule has 1 amide bonds. The first-order valence-electron chi connectivity index (χ1n) is 14.3. The summed E-state index contributed by atoms with van der Waals surface area (Å²) < 4.78 is 30.9. The summed E-state index contributed by atoms with van der Waals surface area (Å²) in [5, 5.41) is 0.834. The zero-order valence-corrected chi connectivity index (χ0v) is 24.5. The molecule has 0 N–H and O–H groups in total. The molecular formula is C31H35F2N5O2S. The van der Waals surface area contributed by atoms with Crippen LogP contribution in [0.3, 0.4) is 0 Å². The third-order valence-electron chi connectivity index (χ3n) is 8.78. The molecule has 10 heteroatoms. The van der Waals surface area contributed by atoms with Gasteiger partial charge in [-0.2, -0.15) is 4.98 Å². The van der Waals surface area contributed by atoms with E-state index in [1.807, 2.05) is 26.8 Å². The summed E-state index contributed by atoms with van der Waals surface area (Å²) in [6, 6.07) is 5.62. The van der Waals surface area contributed by atoms with Crippen LogP contribution in [0, 0.1) is 18.6 Å². The molecule has 1 aromatic heterocycles. The molecule has 0 saturated carbocycles. The number of aromatic nitrogens is 2. The number of hydrogen-bond acceptors (Lipinski definition) is 6. The van der Waals surface area contributed by atoms with Gasteiger partial charge >= 0.3 is 5.69 Å². The number of carbonyl (C=O) groups is 1. The average molecular weight is 580 g/mol. The largest absolute Gasteiger partial charge is 0.350 e. The van der Waals surface area contributed by atoms with Crippen LogP contribution in [0.15, 0.2) is 46.6 Å². The molecule has 4 heterocycles. The molecule has 3 aliphatic heterocycles. The predicted molar refractivity (Wildman–Crippen MR) is 160 cm³/mol. The second-order valence-corrected chi connectivity index (χ2v) is 12.5. The van der Waals surface area contributed by atoms with Crippen LogP contribution in [0.5, 0.6) is 0 Å². The van der Waals surface area contributed by atoms with Gasteiger partial charge in [-0.05, 0) is 76.5 Å². The molecule has 0 bridgehead atoms. The van der Waals surface area contributed by atoms with Crippen molar-refractivity contribution in [1.82, 2.24) is 19.4 Å². The molecule has 0 radical (unpaired) electrons. The molecule has 41 heavy (non-hydrogen) atoms. The second-order valence-electron chi connectivity index (χ2n) is 11.5. The lowest BCUT2D eigenvalue weighted by molar-refractivity contribution is -0.128. The van der Waals surface area contributed by atoms with Gasteiger partial charge in [-0.1, -0.05) is 6.58 Å². The number of anilines is 1. The summed E-state index contributed by atoms with van der Waals surface area (Å²) >= 11 is 1.65. The van der Waals surface area contributed by atoms with Crippen molar-refractivity contribution < 1.29 is 13.6 Å². The molecule has 216 valence electrons. The van der Waals surface area contributed by atoms with E-state index in [2.05, 4.69) is 21.4 Å². The number of benzene rings is 2. The molecule has 2 aromatic carbocycles. The highest BCUT2D eigenvalue weighted by molar-refractivity contribution is 7.99. The number of amides is 1. The number of nitrogens with zero attached hydrogens (tertiary/aromatic N) is 5. The molecule has 2 fully saturated rings. The number of piperazine rings is 1. The minimum atomic E-state index is -0.627. The highest BCUT2D eigenvalue weighted by Gasteiger charge is 2.35. The predicted octanol–water partition coefficient (Wildman–Crippen LogP) is 4.83. The van der Waals surface area contributed by atoms with Crippen molar-refractivity contribution in [2.45, 2.75) is 63.2 Å². The van der Waals surface area contributed by atoms with Crippen LogP contribution < -0.4 is 10.6 Å². The molecule has 3 aliphatic rings. The summed E-state index contributed by atoms with van der Waals surface area (Å²) in [5.41, 5.74) is 2.26. The Kier molecular flexibility index (Phi) is 7.40. The number of halogens is 2. The Labute approximate surface area is 242 Å². The van der Waals surface area contributed by atoms with Gasteiger partial charge < -0.3 is 9.80 Å². The number of thioether (sulfide) groups is 1. The lowest BCUT2D eigenvalue weighted by atomic mass is 9.96. The maximum absolute atomic E-state index is 15.3. The third-order valence-corrected chi connectivity index (χ3v) is 10.0. The first-order valence-corrected chi connectivity index (χ1v) is 15.3. The molecule has 3 atom stereocenters. The molecule has 7 nitrogen and oxygen atoms in total. The summed E-state index contributed by atoms with van der Waals surface area (Å²) in [5.74, 6) is -0.0321. The maximum Gasteiger partial charge on any atom is 0.350 e. The van der Waals surface area contributed by atoms with Gasteiger partial charge in [0.15, 0.2) is 0 Å². The Hall–Kier alpha value is -3.24. The van der Waals surface area contributed by atoms with Gasteiger partial charge in [-0.25, -0.2) is 13.6 Å². The fourth-order valence-electron chi connectivity index (χ4n) is 6.69. The Balaban J connectivity index is 1.56. The maximum atomic E-state index is 15.3. The van der Waals surface area contributed by atoms with E-state index in [1.165, 1.54) is 18.2 Å². The fourth-order valence-corrected chi connectivity index (χ4v) is 8.14. The van der Waals surface area contributed by atoms with E-state index in [4.69, 9.17) is 0 Å². The van der Waals surface area contributed by atoms with E-state index in [1.54, 1.807) is 21.2 Å². The van der Waals surface area contributed by atoms with Gasteiger partial charge in [0.1, 0.15) is 17.5 Å². The molecule has 6 rings (SSSR count). The monoisotopic (exact) mass is 579 g/mol. The van der Waals surface area contributed by atoms with Crippen molar-refractivity contribution in [3.63, 3.8) is 0 Å². The molecule has 2 saturated heterocycles. The summed E-state index contributed by atoms with van der Waals surface area (Å²) in [6.45, 7) is 13.1. The number of likely N-dealkylation sites (tertiary alicyclic amines) is 1. The number of rotatable bonds is 4. The Bertz CT molecular complexity index is 1600. The topological polar surface area (TPSA) is 61.7 Å². The average Bonchev–Trinajstić information content (AvgIpc) is 3.40. The van der Waals surface area contributed by atoms with Gasteiger partial charge in [0.05, 0.1) is 5.52 Å². The van der Waals surface area contributed by atoms with E-state index in [9.17, 15) is 14.0 Å².